The lowest BCUT2D eigenvalue weighted by molar-refractivity contribution is 0.152. The average molecular weight is 248 g/mol. The fourth-order valence-corrected chi connectivity index (χ4v) is 2.74. The van der Waals surface area contributed by atoms with Gasteiger partial charge >= 0.3 is 0 Å². The van der Waals surface area contributed by atoms with Crippen molar-refractivity contribution in [2.45, 2.75) is 58.0 Å². The number of alkyl halides is 1. The van der Waals surface area contributed by atoms with E-state index in [2.05, 4.69) is 34.7 Å². The zero-order valence-electron chi connectivity index (χ0n) is 8.93. The van der Waals surface area contributed by atoms with Crippen LogP contribution in [0.2, 0.25) is 0 Å². The van der Waals surface area contributed by atoms with E-state index in [9.17, 15) is 0 Å². The molecule has 0 amide bonds. The van der Waals surface area contributed by atoms with E-state index in [4.69, 9.17) is 0 Å². The molecule has 0 N–H and O–H groups in total. The molecular formula is C11H22BrN. The topological polar surface area (TPSA) is 3.24 Å². The average Bonchev–Trinajstić information content (AvgIpc) is 2.65. The zero-order valence-corrected chi connectivity index (χ0v) is 10.5. The molecule has 0 aromatic rings. The Hall–Kier alpha value is 0.440. The third kappa shape index (κ3) is 3.25. The van der Waals surface area contributed by atoms with E-state index >= 15 is 0 Å². The van der Waals surface area contributed by atoms with Gasteiger partial charge in [-0.25, -0.2) is 0 Å². The molecule has 0 aromatic carbocycles. The van der Waals surface area contributed by atoms with Crippen molar-refractivity contribution in [2.24, 2.45) is 0 Å². The first-order chi connectivity index (χ1) is 6.29. The van der Waals surface area contributed by atoms with Gasteiger partial charge in [-0.2, -0.15) is 0 Å². The number of hydrogen-bond acceptors (Lipinski definition) is 1. The molecule has 0 heterocycles. The molecule has 0 aromatic heterocycles. The summed E-state index contributed by atoms with van der Waals surface area (Å²) in [7, 11) is 0. The predicted molar refractivity (Wildman–Crippen MR) is 62.5 cm³/mol. The molecular weight excluding hydrogens is 226 g/mol. The molecule has 0 saturated heterocycles. The van der Waals surface area contributed by atoms with Crippen LogP contribution in [0.3, 0.4) is 0 Å². The normalized spacial score (nSPS) is 21.2. The summed E-state index contributed by atoms with van der Waals surface area (Å²) in [6.45, 7) is 5.88. The summed E-state index contributed by atoms with van der Waals surface area (Å²) in [6, 6.07) is 1.65. The fourth-order valence-electron chi connectivity index (χ4n) is 2.33. The van der Waals surface area contributed by atoms with Crippen molar-refractivity contribution < 1.29 is 0 Å². The number of halogens is 1. The van der Waals surface area contributed by atoms with Crippen LogP contribution in [-0.4, -0.2) is 28.9 Å². The van der Waals surface area contributed by atoms with E-state index in [0.29, 0.717) is 0 Å². The van der Waals surface area contributed by atoms with Gasteiger partial charge in [-0.3, -0.25) is 4.90 Å². The lowest BCUT2D eigenvalue weighted by Crippen LogP contribution is -2.41. The highest BCUT2D eigenvalue weighted by Crippen LogP contribution is 2.25. The Morgan fingerprint density at radius 2 is 2.00 bits per heavy atom. The van der Waals surface area contributed by atoms with Gasteiger partial charge < -0.3 is 0 Å². The molecule has 1 unspecified atom stereocenters. The Balaban J connectivity index is 2.44. The molecule has 0 bridgehead atoms. The van der Waals surface area contributed by atoms with Crippen molar-refractivity contribution in [2.75, 3.05) is 11.9 Å². The molecule has 78 valence electrons. The SMILES string of the molecule is CCC(C)N(CCBr)C1CCCC1. The molecule has 0 radical (unpaired) electrons. The molecule has 1 nitrogen and oxygen atoms in total. The van der Waals surface area contributed by atoms with E-state index in [1.165, 1.54) is 38.6 Å². The van der Waals surface area contributed by atoms with Gasteiger partial charge in [-0.1, -0.05) is 35.7 Å². The summed E-state index contributed by atoms with van der Waals surface area (Å²) in [5.74, 6) is 0. The van der Waals surface area contributed by atoms with Crippen LogP contribution in [0.15, 0.2) is 0 Å². The Kier molecular flexibility index (Phi) is 5.34. The molecule has 0 aliphatic heterocycles. The van der Waals surface area contributed by atoms with Gasteiger partial charge in [0.15, 0.2) is 0 Å². The molecule has 0 spiro atoms. The second kappa shape index (κ2) is 6.02. The van der Waals surface area contributed by atoms with Gasteiger partial charge in [0.1, 0.15) is 0 Å². The minimum absolute atomic E-state index is 0.764. The van der Waals surface area contributed by atoms with Crippen molar-refractivity contribution in [3.05, 3.63) is 0 Å². The van der Waals surface area contributed by atoms with E-state index in [-0.39, 0.29) is 0 Å². The zero-order chi connectivity index (χ0) is 9.68. The van der Waals surface area contributed by atoms with Crippen LogP contribution in [0.25, 0.3) is 0 Å². The third-order valence-electron chi connectivity index (χ3n) is 3.29. The smallest absolute Gasteiger partial charge is 0.0159 e. The predicted octanol–water partition coefficient (Wildman–Crippen LogP) is 3.42. The van der Waals surface area contributed by atoms with Crippen LogP contribution in [0, 0.1) is 0 Å². The van der Waals surface area contributed by atoms with Gasteiger partial charge in [0.05, 0.1) is 0 Å². The summed E-state index contributed by atoms with van der Waals surface area (Å²) in [4.78, 5) is 2.70. The van der Waals surface area contributed by atoms with Gasteiger partial charge in [0.25, 0.3) is 0 Å². The quantitative estimate of drug-likeness (QED) is 0.674. The monoisotopic (exact) mass is 247 g/mol. The van der Waals surface area contributed by atoms with Crippen LogP contribution in [0.5, 0.6) is 0 Å². The second-order valence-corrected chi connectivity index (χ2v) is 4.92. The number of rotatable bonds is 5. The van der Waals surface area contributed by atoms with Crippen molar-refractivity contribution in [1.29, 1.82) is 0 Å². The molecule has 1 aliphatic rings. The Morgan fingerprint density at radius 1 is 1.38 bits per heavy atom. The van der Waals surface area contributed by atoms with E-state index in [1.54, 1.807) is 0 Å². The van der Waals surface area contributed by atoms with E-state index in [0.717, 1.165) is 17.4 Å². The molecule has 13 heavy (non-hydrogen) atoms. The fraction of sp³-hybridized carbons (Fsp3) is 1.00. The minimum Gasteiger partial charge on any atom is -0.297 e. The first kappa shape index (κ1) is 11.5. The van der Waals surface area contributed by atoms with Crippen LogP contribution < -0.4 is 0 Å². The summed E-state index contributed by atoms with van der Waals surface area (Å²) >= 11 is 3.55. The summed E-state index contributed by atoms with van der Waals surface area (Å²) in [5.41, 5.74) is 0. The summed E-state index contributed by atoms with van der Waals surface area (Å²) < 4.78 is 0. The van der Waals surface area contributed by atoms with Crippen molar-refractivity contribution in [3.63, 3.8) is 0 Å². The van der Waals surface area contributed by atoms with Crippen LogP contribution >= 0.6 is 15.9 Å². The molecule has 1 fully saturated rings. The molecule has 1 saturated carbocycles. The highest BCUT2D eigenvalue weighted by atomic mass is 79.9. The summed E-state index contributed by atoms with van der Waals surface area (Å²) in [5, 5.41) is 1.12. The van der Waals surface area contributed by atoms with E-state index in [1.807, 2.05) is 0 Å². The maximum absolute atomic E-state index is 3.55. The van der Waals surface area contributed by atoms with Crippen molar-refractivity contribution >= 4 is 15.9 Å². The number of hydrogen-bond donors (Lipinski definition) is 0. The van der Waals surface area contributed by atoms with Crippen LogP contribution in [0.1, 0.15) is 46.0 Å². The van der Waals surface area contributed by atoms with Crippen molar-refractivity contribution in [1.82, 2.24) is 4.90 Å². The van der Waals surface area contributed by atoms with E-state index < -0.39 is 0 Å². The standard InChI is InChI=1S/C11H22BrN/c1-3-10(2)13(9-8-12)11-6-4-5-7-11/h10-11H,3-9H2,1-2H3. The Labute approximate surface area is 91.0 Å². The maximum atomic E-state index is 3.55. The molecule has 1 atom stereocenters. The molecule has 2 heteroatoms. The highest BCUT2D eigenvalue weighted by Gasteiger charge is 2.24. The van der Waals surface area contributed by atoms with Crippen molar-refractivity contribution in [3.8, 4) is 0 Å². The molecule has 1 rings (SSSR count). The Bertz CT molecular complexity index is 132. The summed E-state index contributed by atoms with van der Waals surface area (Å²) in [6.07, 6.45) is 7.03. The Morgan fingerprint density at radius 3 is 2.46 bits per heavy atom. The molecule has 1 aliphatic carbocycles. The highest BCUT2D eigenvalue weighted by molar-refractivity contribution is 9.09. The van der Waals surface area contributed by atoms with Gasteiger partial charge in [0.2, 0.25) is 0 Å². The van der Waals surface area contributed by atoms with Gasteiger partial charge in [0, 0.05) is 24.0 Å². The number of nitrogens with zero attached hydrogens (tertiary/aromatic N) is 1. The third-order valence-corrected chi connectivity index (χ3v) is 3.65. The lowest BCUT2D eigenvalue weighted by atomic mass is 10.1. The first-order valence-corrected chi connectivity index (χ1v) is 6.73. The maximum Gasteiger partial charge on any atom is 0.0159 e. The van der Waals surface area contributed by atoms with Gasteiger partial charge in [-0.15, -0.1) is 0 Å². The lowest BCUT2D eigenvalue weighted by Gasteiger charge is -2.33. The van der Waals surface area contributed by atoms with Crippen LogP contribution in [0.4, 0.5) is 0 Å². The van der Waals surface area contributed by atoms with Crippen LogP contribution in [-0.2, 0) is 0 Å². The first-order valence-electron chi connectivity index (χ1n) is 5.61. The van der Waals surface area contributed by atoms with Gasteiger partial charge in [-0.05, 0) is 26.2 Å². The minimum atomic E-state index is 0.764. The largest absolute Gasteiger partial charge is 0.297 e. The second-order valence-electron chi connectivity index (χ2n) is 4.12.